The lowest BCUT2D eigenvalue weighted by atomic mass is 10.1. The topological polar surface area (TPSA) is 91.1 Å². The Bertz CT molecular complexity index is 864. The van der Waals surface area contributed by atoms with Gasteiger partial charge in [-0.3, -0.25) is 0 Å². The lowest BCUT2D eigenvalue weighted by Gasteiger charge is -2.26. The molecule has 0 saturated heterocycles. The molecule has 0 heterocycles. The highest BCUT2D eigenvalue weighted by molar-refractivity contribution is 7.89. The van der Waals surface area contributed by atoms with Gasteiger partial charge < -0.3 is 19.1 Å². The van der Waals surface area contributed by atoms with Crippen LogP contribution in [0.5, 0.6) is 0 Å². The van der Waals surface area contributed by atoms with Crippen molar-refractivity contribution in [2.24, 2.45) is 5.14 Å². The summed E-state index contributed by atoms with van der Waals surface area (Å²) in [6.07, 6.45) is 43.6. The summed E-state index contributed by atoms with van der Waals surface area (Å²) in [7, 11) is -0.0372. The number of rotatable bonds is 41. The molecule has 0 aliphatic rings. The number of nitrogens with zero attached hydrogens (tertiary/aromatic N) is 1. The zero-order valence-electron chi connectivity index (χ0n) is 34.3. The Morgan fingerprint density at radius 2 is 0.882 bits per heavy atom. The predicted octanol–water partition coefficient (Wildman–Crippen LogP) is 11.7. The van der Waals surface area contributed by atoms with E-state index in [-0.39, 0.29) is 6.61 Å². The Morgan fingerprint density at radius 3 is 1.27 bits per heavy atom. The second-order valence-electron chi connectivity index (χ2n) is 15.0. The summed E-state index contributed by atoms with van der Waals surface area (Å²) in [5.74, 6) is 0. The Morgan fingerprint density at radius 1 is 0.510 bits per heavy atom. The molecule has 0 spiro atoms. The van der Waals surface area contributed by atoms with E-state index in [0.29, 0.717) is 26.4 Å². The van der Waals surface area contributed by atoms with Gasteiger partial charge in [-0.15, -0.1) is 0 Å². The van der Waals surface area contributed by atoms with Crippen LogP contribution in [0.15, 0.2) is 24.3 Å². The molecule has 0 saturated carbocycles. The zero-order valence-corrected chi connectivity index (χ0v) is 35.1. The summed E-state index contributed by atoms with van der Waals surface area (Å²) < 4.78 is 42.9. The first-order valence-corrected chi connectivity index (χ1v) is 23.2. The maximum Gasteiger partial charge on any atom is 0.239 e. The molecular formula is C43H86N2O5S. The SMILES string of the molecule is CCCCCCCC/C=C\CCCCCCCCOCC(OCCN(C)C)C(OCCCCCCCC/C=C\CCCCCCCC)S(N)(=O)=O. The van der Waals surface area contributed by atoms with Gasteiger partial charge in [-0.25, -0.2) is 13.6 Å². The van der Waals surface area contributed by atoms with Crippen LogP contribution in [-0.2, 0) is 24.2 Å². The lowest BCUT2D eigenvalue weighted by Crippen LogP contribution is -2.45. The Balaban J connectivity index is 4.16. The van der Waals surface area contributed by atoms with Crippen molar-refractivity contribution in [2.75, 3.05) is 47.1 Å². The first-order valence-electron chi connectivity index (χ1n) is 21.6. The highest BCUT2D eigenvalue weighted by Crippen LogP contribution is 2.15. The van der Waals surface area contributed by atoms with E-state index in [9.17, 15) is 8.42 Å². The van der Waals surface area contributed by atoms with Crippen molar-refractivity contribution in [1.29, 1.82) is 0 Å². The number of nitrogens with two attached hydrogens (primary N) is 1. The van der Waals surface area contributed by atoms with Crippen LogP contribution in [0.1, 0.15) is 194 Å². The van der Waals surface area contributed by atoms with Crippen molar-refractivity contribution in [3.63, 3.8) is 0 Å². The second-order valence-corrected chi connectivity index (χ2v) is 16.6. The minimum atomic E-state index is -3.96. The van der Waals surface area contributed by atoms with Gasteiger partial charge in [0, 0.05) is 19.8 Å². The third-order valence-electron chi connectivity index (χ3n) is 9.52. The fourth-order valence-corrected chi connectivity index (χ4v) is 7.07. The number of sulfonamides is 1. The molecule has 304 valence electrons. The summed E-state index contributed by atoms with van der Waals surface area (Å²) in [6, 6.07) is 0. The van der Waals surface area contributed by atoms with Gasteiger partial charge in [-0.1, -0.05) is 154 Å². The van der Waals surface area contributed by atoms with Gasteiger partial charge in [-0.05, 0) is 78.3 Å². The minimum absolute atomic E-state index is 0.160. The molecule has 0 aromatic heterocycles. The highest BCUT2D eigenvalue weighted by atomic mass is 32.2. The van der Waals surface area contributed by atoms with Crippen LogP contribution in [0.3, 0.4) is 0 Å². The van der Waals surface area contributed by atoms with Crippen molar-refractivity contribution >= 4 is 10.0 Å². The predicted molar refractivity (Wildman–Crippen MR) is 221 cm³/mol. The van der Waals surface area contributed by atoms with E-state index < -0.39 is 21.6 Å². The quantitative estimate of drug-likeness (QED) is 0.0495. The van der Waals surface area contributed by atoms with E-state index >= 15 is 0 Å². The molecule has 0 aromatic rings. The van der Waals surface area contributed by atoms with E-state index in [1.54, 1.807) is 0 Å². The summed E-state index contributed by atoms with van der Waals surface area (Å²) in [4.78, 5) is 2.00. The lowest BCUT2D eigenvalue weighted by molar-refractivity contribution is -0.0784. The normalized spacial score (nSPS) is 13.7. The van der Waals surface area contributed by atoms with Gasteiger partial charge in [0.1, 0.15) is 6.10 Å². The maximum absolute atomic E-state index is 12.6. The molecule has 8 heteroatoms. The fraction of sp³-hybridized carbons (Fsp3) is 0.907. The molecule has 0 aromatic carbocycles. The Hall–Kier alpha value is -0.770. The van der Waals surface area contributed by atoms with Crippen LogP contribution in [0, 0.1) is 0 Å². The van der Waals surface area contributed by atoms with E-state index in [4.69, 9.17) is 19.3 Å². The van der Waals surface area contributed by atoms with Crippen molar-refractivity contribution in [3.8, 4) is 0 Å². The van der Waals surface area contributed by atoms with Crippen LogP contribution < -0.4 is 5.14 Å². The number of primary sulfonamides is 1. The molecule has 0 bridgehead atoms. The van der Waals surface area contributed by atoms with Crippen molar-refractivity contribution in [1.82, 2.24) is 4.90 Å². The van der Waals surface area contributed by atoms with E-state index in [0.717, 1.165) is 32.1 Å². The van der Waals surface area contributed by atoms with Gasteiger partial charge >= 0.3 is 0 Å². The van der Waals surface area contributed by atoms with Crippen LogP contribution in [0.4, 0.5) is 0 Å². The average Bonchev–Trinajstić information content (AvgIpc) is 3.09. The largest absolute Gasteiger partial charge is 0.379 e. The van der Waals surface area contributed by atoms with Gasteiger partial charge in [0.05, 0.1) is 13.2 Å². The van der Waals surface area contributed by atoms with Crippen molar-refractivity contribution in [3.05, 3.63) is 24.3 Å². The molecule has 0 aliphatic heterocycles. The summed E-state index contributed by atoms with van der Waals surface area (Å²) in [5.41, 5.74) is -1.22. The third-order valence-corrected chi connectivity index (χ3v) is 10.6. The molecule has 2 atom stereocenters. The molecule has 0 rings (SSSR count). The molecular weight excluding hydrogens is 657 g/mol. The molecule has 7 nitrogen and oxygen atoms in total. The molecule has 0 radical (unpaired) electrons. The number of ether oxygens (including phenoxy) is 3. The molecule has 0 fully saturated rings. The van der Waals surface area contributed by atoms with Gasteiger partial charge in [0.15, 0.2) is 0 Å². The van der Waals surface area contributed by atoms with Crippen molar-refractivity contribution in [2.45, 2.75) is 205 Å². The minimum Gasteiger partial charge on any atom is -0.379 e. The number of likely N-dealkylation sites (N-methyl/N-ethyl adjacent to an activating group) is 1. The van der Waals surface area contributed by atoms with E-state index in [2.05, 4.69) is 38.2 Å². The van der Waals surface area contributed by atoms with Gasteiger partial charge in [-0.2, -0.15) is 0 Å². The van der Waals surface area contributed by atoms with Crippen LogP contribution in [0.25, 0.3) is 0 Å². The summed E-state index contributed by atoms with van der Waals surface area (Å²) >= 11 is 0. The Labute approximate surface area is 318 Å². The summed E-state index contributed by atoms with van der Waals surface area (Å²) in [5, 5.41) is 5.65. The first-order chi connectivity index (χ1) is 24.8. The first kappa shape index (κ1) is 50.2. The third kappa shape index (κ3) is 37.3. The fourth-order valence-electron chi connectivity index (χ4n) is 6.21. The Kier molecular flexibility index (Phi) is 38.4. The molecule has 51 heavy (non-hydrogen) atoms. The molecule has 0 amide bonds. The van der Waals surface area contributed by atoms with Crippen LogP contribution in [-0.4, -0.2) is 71.9 Å². The van der Waals surface area contributed by atoms with Crippen LogP contribution in [0.2, 0.25) is 0 Å². The number of hydrogen-bond donors (Lipinski definition) is 1. The molecule has 2 unspecified atom stereocenters. The summed E-state index contributed by atoms with van der Waals surface area (Å²) in [6.45, 7) is 6.70. The molecule has 0 aliphatic carbocycles. The standard InChI is InChI=1S/C43H86N2O5S/c1-5-7-9-11-13-15-17-19-21-23-25-27-29-31-33-35-38-48-41-42(49-40-37-45(3)4)43(51(44,46)47)50-39-36-34-32-30-28-26-24-22-20-18-16-14-12-10-8-6-2/h19-22,42-43H,5-18,23-41H2,1-4H3,(H2,44,46,47)/b21-19-,22-20-. The van der Waals surface area contributed by atoms with E-state index in [1.807, 2.05) is 19.0 Å². The number of unbranched alkanes of at least 4 members (excludes halogenated alkanes) is 24. The van der Waals surface area contributed by atoms with Crippen LogP contribution >= 0.6 is 0 Å². The second kappa shape index (κ2) is 38.9. The van der Waals surface area contributed by atoms with Gasteiger partial charge in [0.25, 0.3) is 0 Å². The maximum atomic E-state index is 12.6. The number of allylic oxidation sites excluding steroid dienone is 4. The average molecular weight is 743 g/mol. The van der Waals surface area contributed by atoms with Crippen molar-refractivity contribution < 1.29 is 22.6 Å². The monoisotopic (exact) mass is 743 g/mol. The van der Waals surface area contributed by atoms with Gasteiger partial charge in [0.2, 0.25) is 15.5 Å². The smallest absolute Gasteiger partial charge is 0.239 e. The molecule has 2 N–H and O–H groups in total. The highest BCUT2D eigenvalue weighted by Gasteiger charge is 2.33. The zero-order chi connectivity index (χ0) is 37.5. The van der Waals surface area contributed by atoms with E-state index in [1.165, 1.54) is 148 Å². The number of hydrogen-bond acceptors (Lipinski definition) is 6.